The molecule has 1 aromatic carbocycles. The molecule has 0 saturated heterocycles. The molecule has 1 unspecified atom stereocenters. The lowest BCUT2D eigenvalue weighted by atomic mass is 10.2. The molecule has 1 amide bonds. The normalized spacial score (nSPS) is 11.8. The molecule has 0 bridgehead atoms. The molecule has 0 aromatic heterocycles. The predicted octanol–water partition coefficient (Wildman–Crippen LogP) is 1.43. The number of carboxylic acid groups (broad SMARTS) is 1. The van der Waals surface area contributed by atoms with Gasteiger partial charge in [0.1, 0.15) is 11.9 Å². The van der Waals surface area contributed by atoms with Crippen LogP contribution in [0.5, 0.6) is 0 Å². The lowest BCUT2D eigenvalue weighted by molar-refractivity contribution is -0.141. The first-order valence-corrected chi connectivity index (χ1v) is 5.43. The van der Waals surface area contributed by atoms with E-state index in [1.807, 2.05) is 0 Å². The molecule has 0 aliphatic carbocycles. The van der Waals surface area contributed by atoms with Crippen molar-refractivity contribution in [2.24, 2.45) is 0 Å². The molecule has 0 fully saturated rings. The number of hydrogen-bond donors (Lipinski definition) is 2. The summed E-state index contributed by atoms with van der Waals surface area (Å²) in [6.07, 6.45) is 7.41. The summed E-state index contributed by atoms with van der Waals surface area (Å²) in [6, 6.07) is 4.52. The van der Waals surface area contributed by atoms with Crippen LogP contribution in [0.4, 0.5) is 4.39 Å². The highest BCUT2D eigenvalue weighted by atomic mass is 19.1. The third-order valence-corrected chi connectivity index (χ3v) is 2.21. The third-order valence-electron chi connectivity index (χ3n) is 2.21. The minimum atomic E-state index is -1.20. The maximum Gasteiger partial charge on any atom is 0.327 e. The second-order valence-corrected chi connectivity index (χ2v) is 3.70. The molecule has 1 rings (SSSR count). The van der Waals surface area contributed by atoms with E-state index in [0.717, 1.165) is 6.08 Å². The first kappa shape index (κ1) is 14.5. The summed E-state index contributed by atoms with van der Waals surface area (Å²) < 4.78 is 12.9. The smallest absolute Gasteiger partial charge is 0.327 e. The number of benzene rings is 1. The van der Waals surface area contributed by atoms with Gasteiger partial charge >= 0.3 is 5.97 Å². The quantitative estimate of drug-likeness (QED) is 0.622. The van der Waals surface area contributed by atoms with E-state index in [2.05, 4.69) is 11.2 Å². The molecule has 0 aliphatic heterocycles. The van der Waals surface area contributed by atoms with Crippen molar-refractivity contribution in [1.82, 2.24) is 5.32 Å². The third kappa shape index (κ3) is 5.04. The van der Waals surface area contributed by atoms with E-state index in [9.17, 15) is 14.0 Å². The van der Waals surface area contributed by atoms with Crippen LogP contribution in [0.1, 0.15) is 12.0 Å². The van der Waals surface area contributed by atoms with Crippen LogP contribution < -0.4 is 5.32 Å². The molecular weight excluding hydrogens is 249 g/mol. The lowest BCUT2D eigenvalue weighted by Gasteiger charge is -2.09. The van der Waals surface area contributed by atoms with Gasteiger partial charge in [-0.3, -0.25) is 4.79 Å². The van der Waals surface area contributed by atoms with Crippen LogP contribution in [0.3, 0.4) is 0 Å². The second kappa shape index (κ2) is 6.97. The monoisotopic (exact) mass is 261 g/mol. The Balaban J connectivity index is 2.64. The van der Waals surface area contributed by atoms with Crippen molar-refractivity contribution < 1.29 is 19.1 Å². The number of nitrogens with one attached hydrogen (secondary N) is 1. The van der Waals surface area contributed by atoms with Gasteiger partial charge in [-0.05, 0) is 23.8 Å². The minimum Gasteiger partial charge on any atom is -0.480 e. The molecule has 0 spiro atoms. The second-order valence-electron chi connectivity index (χ2n) is 3.70. The Labute approximate surface area is 109 Å². The Bertz CT molecular complexity index is 546. The fourth-order valence-electron chi connectivity index (χ4n) is 1.32. The van der Waals surface area contributed by atoms with Crippen molar-refractivity contribution in [2.45, 2.75) is 12.5 Å². The number of rotatable bonds is 5. The zero-order chi connectivity index (χ0) is 14.3. The van der Waals surface area contributed by atoms with Crippen molar-refractivity contribution in [1.29, 1.82) is 0 Å². The molecule has 2 N–H and O–H groups in total. The van der Waals surface area contributed by atoms with Gasteiger partial charge in [0.25, 0.3) is 0 Å². The van der Waals surface area contributed by atoms with Gasteiger partial charge in [-0.15, -0.1) is 12.3 Å². The molecule has 5 heteroatoms. The van der Waals surface area contributed by atoms with E-state index >= 15 is 0 Å². The summed E-state index contributed by atoms with van der Waals surface area (Å²) in [7, 11) is 0. The molecule has 0 aliphatic rings. The average Bonchev–Trinajstić information content (AvgIpc) is 2.36. The van der Waals surface area contributed by atoms with Crippen LogP contribution >= 0.6 is 0 Å². The molecule has 0 radical (unpaired) electrons. The molecule has 1 atom stereocenters. The first-order valence-electron chi connectivity index (χ1n) is 5.43. The van der Waals surface area contributed by atoms with Gasteiger partial charge in [-0.25, -0.2) is 9.18 Å². The summed E-state index contributed by atoms with van der Waals surface area (Å²) in [6.45, 7) is 0. The van der Waals surface area contributed by atoms with Gasteiger partial charge in [0, 0.05) is 12.5 Å². The van der Waals surface area contributed by atoms with Crippen LogP contribution in [-0.2, 0) is 9.59 Å². The maximum atomic E-state index is 12.9. The number of terminal acetylenes is 1. The zero-order valence-electron chi connectivity index (χ0n) is 9.97. The number of carboxylic acids is 1. The number of halogens is 1. The highest BCUT2D eigenvalue weighted by Gasteiger charge is 2.17. The van der Waals surface area contributed by atoms with Crippen molar-refractivity contribution in [2.75, 3.05) is 0 Å². The van der Waals surface area contributed by atoms with Crippen molar-refractivity contribution in [3.8, 4) is 12.3 Å². The zero-order valence-corrected chi connectivity index (χ0v) is 9.97. The number of carbonyl (C=O) groups excluding carboxylic acids is 1. The summed E-state index contributed by atoms with van der Waals surface area (Å²) >= 11 is 0. The van der Waals surface area contributed by atoms with E-state index in [0.29, 0.717) is 5.56 Å². The van der Waals surface area contributed by atoms with Crippen LogP contribution in [0.25, 0.3) is 6.08 Å². The average molecular weight is 261 g/mol. The van der Waals surface area contributed by atoms with Gasteiger partial charge in [0.15, 0.2) is 0 Å². The number of carbonyl (C=O) groups is 2. The first-order chi connectivity index (χ1) is 9.02. The standard InChI is InChI=1S/C14H12FNO3/c1-2-4-12(14(18)19)16-13(17)8-7-10-5-3-6-11(15)9-10/h1,3,5-9,12H,4H2,(H,16,17)(H,18,19)/b8-7+. The van der Waals surface area contributed by atoms with Crippen LogP contribution in [-0.4, -0.2) is 23.0 Å². The van der Waals surface area contributed by atoms with Gasteiger partial charge in [0.2, 0.25) is 5.91 Å². The van der Waals surface area contributed by atoms with Gasteiger partial charge in [0.05, 0.1) is 0 Å². The Kier molecular flexibility index (Phi) is 5.30. The summed E-state index contributed by atoms with van der Waals surface area (Å²) in [5, 5.41) is 11.0. The minimum absolute atomic E-state index is 0.102. The largest absolute Gasteiger partial charge is 0.480 e. The van der Waals surface area contributed by atoms with Crippen LogP contribution in [0.2, 0.25) is 0 Å². The fraction of sp³-hybridized carbons (Fsp3) is 0.143. The van der Waals surface area contributed by atoms with E-state index in [1.54, 1.807) is 6.07 Å². The van der Waals surface area contributed by atoms with Crippen LogP contribution in [0, 0.1) is 18.2 Å². The summed E-state index contributed by atoms with van der Waals surface area (Å²) in [5.41, 5.74) is 0.499. The molecule has 4 nitrogen and oxygen atoms in total. The Morgan fingerprint density at radius 2 is 2.26 bits per heavy atom. The Hall–Kier alpha value is -2.61. The highest BCUT2D eigenvalue weighted by Crippen LogP contribution is 2.05. The fourth-order valence-corrected chi connectivity index (χ4v) is 1.32. The van der Waals surface area contributed by atoms with Crippen molar-refractivity contribution in [3.63, 3.8) is 0 Å². The van der Waals surface area contributed by atoms with Gasteiger partial charge in [-0.2, -0.15) is 0 Å². The topological polar surface area (TPSA) is 66.4 Å². The van der Waals surface area contributed by atoms with Gasteiger partial charge in [-0.1, -0.05) is 12.1 Å². The molecule has 19 heavy (non-hydrogen) atoms. The Morgan fingerprint density at radius 3 is 2.84 bits per heavy atom. The number of aliphatic carboxylic acids is 1. The van der Waals surface area contributed by atoms with E-state index < -0.39 is 23.7 Å². The van der Waals surface area contributed by atoms with E-state index in [-0.39, 0.29) is 6.42 Å². The molecule has 1 aromatic rings. The van der Waals surface area contributed by atoms with E-state index in [1.165, 1.54) is 24.3 Å². The van der Waals surface area contributed by atoms with Gasteiger partial charge < -0.3 is 10.4 Å². The molecule has 98 valence electrons. The summed E-state index contributed by atoms with van der Waals surface area (Å²) in [4.78, 5) is 22.2. The SMILES string of the molecule is C#CCC(NC(=O)/C=C/c1cccc(F)c1)C(=O)O. The number of hydrogen-bond acceptors (Lipinski definition) is 2. The highest BCUT2D eigenvalue weighted by molar-refractivity contribution is 5.94. The van der Waals surface area contributed by atoms with Crippen molar-refractivity contribution in [3.05, 3.63) is 41.7 Å². The lowest BCUT2D eigenvalue weighted by Crippen LogP contribution is -2.39. The van der Waals surface area contributed by atoms with E-state index in [4.69, 9.17) is 11.5 Å². The number of amides is 1. The Morgan fingerprint density at radius 1 is 1.53 bits per heavy atom. The molecular formula is C14H12FNO3. The predicted molar refractivity (Wildman–Crippen MR) is 68.5 cm³/mol. The van der Waals surface area contributed by atoms with Crippen LogP contribution in [0.15, 0.2) is 30.3 Å². The van der Waals surface area contributed by atoms with Crippen molar-refractivity contribution >= 4 is 18.0 Å². The molecule has 0 heterocycles. The maximum absolute atomic E-state index is 12.9. The summed E-state index contributed by atoms with van der Waals surface area (Å²) in [5.74, 6) is -0.0597. The molecule has 0 saturated carbocycles.